The van der Waals surface area contributed by atoms with Gasteiger partial charge in [-0.25, -0.2) is 14.8 Å². The van der Waals surface area contributed by atoms with Crippen molar-refractivity contribution in [1.29, 1.82) is 5.41 Å². The van der Waals surface area contributed by atoms with Crippen molar-refractivity contribution in [2.75, 3.05) is 0 Å². The van der Waals surface area contributed by atoms with E-state index < -0.39 is 11.8 Å². The summed E-state index contributed by atoms with van der Waals surface area (Å²) in [6, 6.07) is 5.59. The lowest BCUT2D eigenvalue weighted by Gasteiger charge is -2.14. The first-order valence-corrected chi connectivity index (χ1v) is 10.5. The Hall–Kier alpha value is -2.20. The highest BCUT2D eigenvalue weighted by Gasteiger charge is 2.24. The van der Waals surface area contributed by atoms with Crippen molar-refractivity contribution in [3.8, 4) is 5.69 Å². The quantitative estimate of drug-likeness (QED) is 0.232. The van der Waals surface area contributed by atoms with Crippen molar-refractivity contribution in [3.05, 3.63) is 71.6 Å². The predicted octanol–water partition coefficient (Wildman–Crippen LogP) is 5.81. The number of aromatic nitrogens is 2. The van der Waals surface area contributed by atoms with Crippen LogP contribution in [0.2, 0.25) is 30.4 Å². The van der Waals surface area contributed by atoms with E-state index in [0.717, 1.165) is 4.57 Å². The van der Waals surface area contributed by atoms with Gasteiger partial charge in [0.1, 0.15) is 11.7 Å². The number of aromatic carboxylic acids is 1. The molecule has 166 valence electrons. The molecule has 0 spiro atoms. The van der Waals surface area contributed by atoms with Crippen LogP contribution in [0.5, 0.6) is 0 Å². The second-order valence-electron chi connectivity index (χ2n) is 6.14. The van der Waals surface area contributed by atoms with E-state index in [1.165, 1.54) is 24.3 Å². The maximum Gasteiger partial charge on any atom is 0.372 e. The molecule has 14 heteroatoms. The Morgan fingerprint density at radius 1 is 0.969 bits per heavy atom. The largest absolute Gasteiger partial charge is 0.475 e. The molecular weight excluding hydrogens is 545 g/mol. The number of nitrogens with zero attached hydrogens (tertiary/aromatic N) is 3. The van der Waals surface area contributed by atoms with Crippen molar-refractivity contribution < 1.29 is 9.90 Å². The zero-order chi connectivity index (χ0) is 23.9. The molecule has 0 atom stereocenters. The molecule has 0 saturated carbocycles. The van der Waals surface area contributed by atoms with E-state index in [9.17, 15) is 9.90 Å². The van der Waals surface area contributed by atoms with E-state index in [1.54, 1.807) is 0 Å². The van der Waals surface area contributed by atoms with Gasteiger partial charge in [-0.2, -0.15) is 0 Å². The number of amidine groups is 2. The zero-order valence-corrected chi connectivity index (χ0v) is 20.0. The van der Waals surface area contributed by atoms with Crippen molar-refractivity contribution in [3.63, 3.8) is 0 Å². The molecule has 0 amide bonds. The third kappa shape index (κ3) is 4.61. The standard InChI is InChI=1S/C18H10Cl6N6O2/c19-5-1-7(15(25)26)11(21)9(3-5)28-16(27)8-2-6(20)4-10(12(8)22)30-14(24)13(23)29-17(30)18(31)32/h1-4H,(H3,25,26)(H2,27,28)(H,31,32). The number of nitrogens with two attached hydrogens (primary N) is 2. The number of hydrogen-bond donors (Lipinski definition) is 4. The average molecular weight is 555 g/mol. The van der Waals surface area contributed by atoms with Gasteiger partial charge in [0.2, 0.25) is 5.82 Å². The molecule has 0 fully saturated rings. The monoisotopic (exact) mass is 552 g/mol. The molecule has 1 heterocycles. The van der Waals surface area contributed by atoms with E-state index in [0.29, 0.717) is 0 Å². The van der Waals surface area contributed by atoms with Crippen LogP contribution in [0, 0.1) is 5.41 Å². The molecule has 0 unspecified atom stereocenters. The Balaban J connectivity index is 2.24. The molecule has 1 aromatic heterocycles. The Morgan fingerprint density at radius 2 is 1.56 bits per heavy atom. The van der Waals surface area contributed by atoms with E-state index in [2.05, 4.69) is 9.98 Å². The SMILES string of the molecule is N=C(N)c1cc(Cl)cc(N=C(N)c2cc(Cl)cc(-n3c(C(=O)O)nc(Cl)c3Cl)c2Cl)c1Cl. The summed E-state index contributed by atoms with van der Waals surface area (Å²) in [7, 11) is 0. The van der Waals surface area contributed by atoms with Crippen LogP contribution in [0.3, 0.4) is 0 Å². The Labute approximate surface area is 210 Å². The maximum atomic E-state index is 11.6. The molecule has 32 heavy (non-hydrogen) atoms. The summed E-state index contributed by atoms with van der Waals surface area (Å²) < 4.78 is 1.01. The fraction of sp³-hybridized carbons (Fsp3) is 0. The number of carboxylic acids is 1. The van der Waals surface area contributed by atoms with Gasteiger partial charge in [0.25, 0.3) is 0 Å². The van der Waals surface area contributed by atoms with Crippen molar-refractivity contribution in [2.45, 2.75) is 0 Å². The van der Waals surface area contributed by atoms with Crippen molar-refractivity contribution in [2.24, 2.45) is 16.5 Å². The van der Waals surface area contributed by atoms with Crippen LogP contribution in [0.25, 0.3) is 5.69 Å². The lowest BCUT2D eigenvalue weighted by atomic mass is 10.1. The summed E-state index contributed by atoms with van der Waals surface area (Å²) in [6.07, 6.45) is 0. The minimum absolute atomic E-state index is 0.0424. The molecule has 0 aliphatic heterocycles. The van der Waals surface area contributed by atoms with Crippen LogP contribution in [0.15, 0.2) is 29.3 Å². The Kier molecular flexibility index (Phi) is 7.14. The van der Waals surface area contributed by atoms with Gasteiger partial charge < -0.3 is 16.6 Å². The van der Waals surface area contributed by atoms with Crippen LogP contribution in [-0.4, -0.2) is 32.3 Å². The molecule has 2 aromatic carbocycles. The molecule has 6 N–H and O–H groups in total. The molecule has 3 rings (SSSR count). The minimum atomic E-state index is -1.40. The second kappa shape index (κ2) is 9.35. The molecule has 0 bridgehead atoms. The number of halogens is 6. The van der Waals surface area contributed by atoms with Gasteiger partial charge in [0, 0.05) is 21.2 Å². The second-order valence-corrected chi connectivity index (χ2v) is 8.49. The number of rotatable bonds is 5. The van der Waals surface area contributed by atoms with E-state index in [-0.39, 0.29) is 64.6 Å². The average Bonchev–Trinajstić information content (AvgIpc) is 3.00. The maximum absolute atomic E-state index is 11.6. The molecule has 8 nitrogen and oxygen atoms in total. The highest BCUT2D eigenvalue weighted by atomic mass is 35.5. The fourth-order valence-electron chi connectivity index (χ4n) is 2.70. The summed E-state index contributed by atoms with van der Waals surface area (Å²) in [6.45, 7) is 0. The first-order chi connectivity index (χ1) is 14.9. The zero-order valence-electron chi connectivity index (χ0n) is 15.4. The summed E-state index contributed by atoms with van der Waals surface area (Å²) in [5.74, 6) is -2.35. The fourth-order valence-corrected chi connectivity index (χ4v) is 4.05. The molecule has 0 aliphatic carbocycles. The van der Waals surface area contributed by atoms with Gasteiger partial charge >= 0.3 is 5.97 Å². The van der Waals surface area contributed by atoms with E-state index >= 15 is 0 Å². The molecule has 0 radical (unpaired) electrons. The van der Waals surface area contributed by atoms with Crippen LogP contribution in [0.4, 0.5) is 5.69 Å². The summed E-state index contributed by atoms with van der Waals surface area (Å²) >= 11 is 37.1. The lowest BCUT2D eigenvalue weighted by molar-refractivity contribution is 0.0681. The van der Waals surface area contributed by atoms with Gasteiger partial charge in [-0.3, -0.25) is 9.98 Å². The van der Waals surface area contributed by atoms with Gasteiger partial charge in [-0.1, -0.05) is 69.6 Å². The van der Waals surface area contributed by atoms with Crippen LogP contribution in [-0.2, 0) is 0 Å². The summed E-state index contributed by atoms with van der Waals surface area (Å²) in [5.41, 5.74) is 12.1. The first-order valence-electron chi connectivity index (χ1n) is 8.26. The number of carbonyl (C=O) groups is 1. The normalized spacial score (nSPS) is 11.6. The summed E-state index contributed by atoms with van der Waals surface area (Å²) in [4.78, 5) is 19.5. The van der Waals surface area contributed by atoms with Crippen molar-refractivity contribution in [1.82, 2.24) is 9.55 Å². The lowest BCUT2D eigenvalue weighted by Crippen LogP contribution is -2.16. The number of nitrogen functional groups attached to an aromatic ring is 1. The number of nitrogens with one attached hydrogen (secondary N) is 1. The molecule has 3 aromatic rings. The van der Waals surface area contributed by atoms with Crippen LogP contribution >= 0.6 is 69.6 Å². The minimum Gasteiger partial charge on any atom is -0.475 e. The van der Waals surface area contributed by atoms with Gasteiger partial charge in [-0.05, 0) is 24.3 Å². The molecular formula is C18H10Cl6N6O2. The number of carboxylic acid groups (broad SMARTS) is 1. The summed E-state index contributed by atoms with van der Waals surface area (Å²) in [5, 5.41) is 17.0. The van der Waals surface area contributed by atoms with Gasteiger partial charge in [0.05, 0.1) is 21.4 Å². The third-order valence-corrected chi connectivity index (χ3v) is 6.00. The number of aliphatic imine (C=N–C) groups is 1. The van der Waals surface area contributed by atoms with Crippen LogP contribution < -0.4 is 11.5 Å². The molecule has 0 aliphatic rings. The third-order valence-electron chi connectivity index (χ3n) is 4.06. The Bertz CT molecular complexity index is 1320. The van der Waals surface area contributed by atoms with Crippen molar-refractivity contribution >= 4 is 92.9 Å². The smallest absolute Gasteiger partial charge is 0.372 e. The first kappa shape index (κ1) is 24.4. The highest BCUT2D eigenvalue weighted by Crippen LogP contribution is 2.36. The van der Waals surface area contributed by atoms with E-state index in [4.69, 9.17) is 86.5 Å². The Morgan fingerprint density at radius 3 is 2.16 bits per heavy atom. The van der Waals surface area contributed by atoms with Gasteiger partial charge in [0.15, 0.2) is 10.3 Å². The van der Waals surface area contributed by atoms with E-state index in [1.807, 2.05) is 0 Å². The van der Waals surface area contributed by atoms with Crippen LogP contribution in [0.1, 0.15) is 21.7 Å². The van der Waals surface area contributed by atoms with Gasteiger partial charge in [-0.15, -0.1) is 0 Å². The molecule has 0 saturated heterocycles. The topological polar surface area (TPSA) is 143 Å². The number of benzene rings is 2. The number of imidazole rings is 1. The number of hydrogen-bond acceptors (Lipinski definition) is 4. The predicted molar refractivity (Wildman–Crippen MR) is 128 cm³/mol. The highest BCUT2D eigenvalue weighted by molar-refractivity contribution is 6.42.